The van der Waals surface area contributed by atoms with Crippen LogP contribution in [0, 0.1) is 23.2 Å². The lowest BCUT2D eigenvalue weighted by Crippen LogP contribution is -2.33. The van der Waals surface area contributed by atoms with Crippen LogP contribution in [-0.4, -0.2) is 12.6 Å². The lowest BCUT2D eigenvalue weighted by atomic mass is 9.72. The molecular formula is C14H20O2. The standard InChI is InChI=1S/C14H20O2/c1-2-13(15)16-9-14-7-6-10(8-14)11-4-3-5-12(11)14/h2,10-12H,1,3-9H2/t10?,11-,12+,14?/m0/s1. The summed E-state index contributed by atoms with van der Waals surface area (Å²) in [6.07, 6.45) is 9.43. The highest BCUT2D eigenvalue weighted by Crippen LogP contribution is 2.65. The van der Waals surface area contributed by atoms with Crippen molar-refractivity contribution in [1.82, 2.24) is 0 Å². The molecule has 3 aliphatic rings. The molecule has 0 radical (unpaired) electrons. The topological polar surface area (TPSA) is 26.3 Å². The third kappa shape index (κ3) is 1.35. The monoisotopic (exact) mass is 220 g/mol. The smallest absolute Gasteiger partial charge is 0.330 e. The Morgan fingerprint density at radius 1 is 1.44 bits per heavy atom. The highest BCUT2D eigenvalue weighted by Gasteiger charge is 2.59. The average Bonchev–Trinajstić information content (AvgIpc) is 2.97. The van der Waals surface area contributed by atoms with Gasteiger partial charge < -0.3 is 4.74 Å². The van der Waals surface area contributed by atoms with E-state index in [0.717, 1.165) is 17.8 Å². The van der Waals surface area contributed by atoms with Crippen LogP contribution in [-0.2, 0) is 9.53 Å². The van der Waals surface area contributed by atoms with Crippen LogP contribution in [0.15, 0.2) is 12.7 Å². The summed E-state index contributed by atoms with van der Waals surface area (Å²) in [7, 11) is 0. The van der Waals surface area contributed by atoms with Gasteiger partial charge in [-0.3, -0.25) is 0 Å². The molecule has 2 unspecified atom stereocenters. The number of carbonyl (C=O) groups excluding carboxylic acids is 1. The Hall–Kier alpha value is -0.790. The number of rotatable bonds is 3. The first-order valence-corrected chi connectivity index (χ1v) is 6.54. The summed E-state index contributed by atoms with van der Waals surface area (Å²) in [5.74, 6) is 2.49. The first-order chi connectivity index (χ1) is 7.75. The summed E-state index contributed by atoms with van der Waals surface area (Å²) in [5.41, 5.74) is 0.352. The van der Waals surface area contributed by atoms with Crippen molar-refractivity contribution < 1.29 is 9.53 Å². The molecule has 2 nitrogen and oxygen atoms in total. The van der Waals surface area contributed by atoms with E-state index < -0.39 is 0 Å². The van der Waals surface area contributed by atoms with Crippen molar-refractivity contribution in [3.05, 3.63) is 12.7 Å². The number of esters is 1. The predicted molar refractivity (Wildman–Crippen MR) is 61.8 cm³/mol. The van der Waals surface area contributed by atoms with Gasteiger partial charge in [0.05, 0.1) is 6.61 Å². The van der Waals surface area contributed by atoms with Gasteiger partial charge >= 0.3 is 5.97 Å². The second-order valence-electron chi connectivity index (χ2n) is 5.88. The van der Waals surface area contributed by atoms with E-state index in [-0.39, 0.29) is 5.97 Å². The number of hydrogen-bond acceptors (Lipinski definition) is 2. The van der Waals surface area contributed by atoms with Crippen molar-refractivity contribution in [2.24, 2.45) is 23.2 Å². The molecule has 0 aromatic rings. The number of fused-ring (bicyclic) bond motifs is 5. The fourth-order valence-corrected chi connectivity index (χ4v) is 4.73. The molecule has 88 valence electrons. The molecule has 0 aliphatic heterocycles. The molecular weight excluding hydrogens is 200 g/mol. The highest BCUT2D eigenvalue weighted by atomic mass is 16.5. The first kappa shape index (κ1) is 10.4. The third-order valence-corrected chi connectivity index (χ3v) is 5.31. The zero-order valence-corrected chi connectivity index (χ0v) is 9.78. The Morgan fingerprint density at radius 3 is 3.12 bits per heavy atom. The summed E-state index contributed by atoms with van der Waals surface area (Å²) >= 11 is 0. The van der Waals surface area contributed by atoms with Gasteiger partial charge in [0.2, 0.25) is 0 Å². The molecule has 4 atom stereocenters. The van der Waals surface area contributed by atoms with Crippen LogP contribution < -0.4 is 0 Å². The van der Waals surface area contributed by atoms with Gasteiger partial charge in [0.15, 0.2) is 0 Å². The van der Waals surface area contributed by atoms with Crippen LogP contribution in [0.1, 0.15) is 38.5 Å². The lowest BCUT2D eigenvalue weighted by molar-refractivity contribution is -0.142. The zero-order chi connectivity index (χ0) is 11.2. The summed E-state index contributed by atoms with van der Waals surface area (Å²) < 4.78 is 5.35. The molecule has 0 N–H and O–H groups in total. The van der Waals surface area contributed by atoms with Gasteiger partial charge in [-0.05, 0) is 49.9 Å². The van der Waals surface area contributed by atoms with Crippen LogP contribution >= 0.6 is 0 Å². The Kier molecular flexibility index (Phi) is 2.34. The van der Waals surface area contributed by atoms with Gasteiger partial charge in [-0.1, -0.05) is 13.0 Å². The van der Waals surface area contributed by atoms with E-state index in [1.165, 1.54) is 44.6 Å². The Balaban J connectivity index is 1.72. The van der Waals surface area contributed by atoms with Gasteiger partial charge in [0.25, 0.3) is 0 Å². The number of ether oxygens (including phenoxy) is 1. The molecule has 3 aliphatic carbocycles. The normalized spacial score (nSPS) is 44.4. The van der Waals surface area contributed by atoms with Gasteiger partial charge in [0, 0.05) is 11.5 Å². The fourth-order valence-electron chi connectivity index (χ4n) is 4.73. The van der Waals surface area contributed by atoms with Crippen molar-refractivity contribution in [2.75, 3.05) is 6.61 Å². The molecule has 0 aromatic carbocycles. The van der Waals surface area contributed by atoms with Crippen LogP contribution in [0.5, 0.6) is 0 Å². The Morgan fingerprint density at radius 2 is 2.31 bits per heavy atom. The molecule has 2 heteroatoms. The van der Waals surface area contributed by atoms with Crippen LogP contribution in [0.4, 0.5) is 0 Å². The maximum absolute atomic E-state index is 11.2. The van der Waals surface area contributed by atoms with E-state index in [4.69, 9.17) is 4.74 Å². The lowest BCUT2D eigenvalue weighted by Gasteiger charge is -2.35. The zero-order valence-electron chi connectivity index (χ0n) is 9.78. The Labute approximate surface area is 97.1 Å². The molecule has 0 spiro atoms. The summed E-state index contributed by atoms with van der Waals surface area (Å²) in [6.45, 7) is 4.11. The van der Waals surface area contributed by atoms with E-state index in [2.05, 4.69) is 6.58 Å². The van der Waals surface area contributed by atoms with Crippen molar-refractivity contribution in [2.45, 2.75) is 38.5 Å². The van der Waals surface area contributed by atoms with Crippen LogP contribution in [0.2, 0.25) is 0 Å². The molecule has 0 heterocycles. The fraction of sp³-hybridized carbons (Fsp3) is 0.786. The van der Waals surface area contributed by atoms with Gasteiger partial charge in [-0.15, -0.1) is 0 Å². The molecule has 16 heavy (non-hydrogen) atoms. The maximum atomic E-state index is 11.2. The number of carbonyl (C=O) groups is 1. The molecule has 0 aromatic heterocycles. The van der Waals surface area contributed by atoms with E-state index in [1.54, 1.807) is 0 Å². The van der Waals surface area contributed by atoms with E-state index in [0.29, 0.717) is 12.0 Å². The minimum absolute atomic E-state index is 0.251. The SMILES string of the molecule is C=CC(=O)OCC12CCC(C1)[C@@H]1CCC[C@H]12. The Bertz CT molecular complexity index is 323. The largest absolute Gasteiger partial charge is 0.462 e. The van der Waals surface area contributed by atoms with Gasteiger partial charge in [-0.25, -0.2) is 4.79 Å². The first-order valence-electron chi connectivity index (χ1n) is 6.54. The quantitative estimate of drug-likeness (QED) is 0.540. The second-order valence-corrected chi connectivity index (χ2v) is 5.88. The molecule has 0 amide bonds. The van der Waals surface area contributed by atoms with Crippen molar-refractivity contribution in [3.63, 3.8) is 0 Å². The van der Waals surface area contributed by atoms with Crippen molar-refractivity contribution >= 4 is 5.97 Å². The molecule has 3 fully saturated rings. The predicted octanol–water partition coefficient (Wildman–Crippen LogP) is 2.93. The summed E-state index contributed by atoms with van der Waals surface area (Å²) in [5, 5.41) is 0. The minimum atomic E-state index is -0.251. The van der Waals surface area contributed by atoms with E-state index >= 15 is 0 Å². The molecule has 0 saturated heterocycles. The van der Waals surface area contributed by atoms with Gasteiger partial charge in [0.1, 0.15) is 0 Å². The van der Waals surface area contributed by atoms with Crippen LogP contribution in [0.25, 0.3) is 0 Å². The maximum Gasteiger partial charge on any atom is 0.330 e. The van der Waals surface area contributed by atoms with Crippen molar-refractivity contribution in [3.8, 4) is 0 Å². The highest BCUT2D eigenvalue weighted by molar-refractivity contribution is 5.81. The minimum Gasteiger partial charge on any atom is -0.462 e. The average molecular weight is 220 g/mol. The van der Waals surface area contributed by atoms with E-state index in [9.17, 15) is 4.79 Å². The van der Waals surface area contributed by atoms with Crippen LogP contribution in [0.3, 0.4) is 0 Å². The second kappa shape index (κ2) is 3.61. The van der Waals surface area contributed by atoms with Gasteiger partial charge in [-0.2, -0.15) is 0 Å². The summed E-state index contributed by atoms with van der Waals surface area (Å²) in [4.78, 5) is 11.2. The summed E-state index contributed by atoms with van der Waals surface area (Å²) in [6, 6.07) is 0. The molecule has 3 rings (SSSR count). The number of hydrogen-bond donors (Lipinski definition) is 0. The van der Waals surface area contributed by atoms with Crippen molar-refractivity contribution in [1.29, 1.82) is 0 Å². The molecule has 3 saturated carbocycles. The molecule has 2 bridgehead atoms. The third-order valence-electron chi connectivity index (χ3n) is 5.31. The van der Waals surface area contributed by atoms with E-state index in [1.807, 2.05) is 0 Å².